The van der Waals surface area contributed by atoms with Crippen molar-refractivity contribution in [2.24, 2.45) is 0 Å². The van der Waals surface area contributed by atoms with Crippen LogP contribution in [0.3, 0.4) is 0 Å². The molecule has 43 heavy (non-hydrogen) atoms. The molecule has 2 aliphatic heterocycles. The molecule has 3 aromatic rings. The van der Waals surface area contributed by atoms with Gasteiger partial charge >= 0.3 is 0 Å². The number of nitrogens with one attached hydrogen (secondary N) is 1. The summed E-state index contributed by atoms with van der Waals surface area (Å²) in [7, 11) is -4.03. The highest BCUT2D eigenvalue weighted by Crippen LogP contribution is 2.37. The van der Waals surface area contributed by atoms with E-state index >= 15 is 0 Å². The van der Waals surface area contributed by atoms with Gasteiger partial charge in [-0.3, -0.25) is 4.79 Å². The highest BCUT2D eigenvalue weighted by molar-refractivity contribution is 7.93. The van der Waals surface area contributed by atoms with E-state index in [2.05, 4.69) is 46.8 Å². The maximum absolute atomic E-state index is 14.0. The number of carbonyl (C=O) groups is 1. The van der Waals surface area contributed by atoms with E-state index in [1.807, 2.05) is 25.1 Å². The van der Waals surface area contributed by atoms with Crippen LogP contribution in [0.2, 0.25) is 0 Å². The first-order valence-electron chi connectivity index (χ1n) is 15.3. The number of hydrogen-bond donors (Lipinski definition) is 1. The highest BCUT2D eigenvalue weighted by Gasteiger charge is 2.53. The van der Waals surface area contributed by atoms with Gasteiger partial charge < -0.3 is 14.4 Å². The number of sulfone groups is 1. The van der Waals surface area contributed by atoms with Gasteiger partial charge in [0, 0.05) is 27.5 Å². The second-order valence-electron chi connectivity index (χ2n) is 11.3. The first-order chi connectivity index (χ1) is 20.9. The van der Waals surface area contributed by atoms with E-state index in [9.17, 15) is 13.2 Å². The molecule has 9 heteroatoms. The molecule has 2 aliphatic rings. The number of carbonyl (C=O) groups excluding carboxylic acids is 1. The van der Waals surface area contributed by atoms with Crippen LogP contribution >= 0.6 is 0 Å². The third-order valence-electron chi connectivity index (χ3n) is 8.51. The number of ether oxygens (including phenoxy) is 2. The summed E-state index contributed by atoms with van der Waals surface area (Å²) in [6, 6.07) is 25.2. The van der Waals surface area contributed by atoms with E-state index in [1.165, 1.54) is 16.7 Å². The van der Waals surface area contributed by atoms with Crippen LogP contribution in [0.5, 0.6) is 5.75 Å². The summed E-state index contributed by atoms with van der Waals surface area (Å²) in [6.07, 6.45) is 4.05. The Kier molecular flexibility index (Phi) is 10.5. The van der Waals surface area contributed by atoms with Crippen molar-refractivity contribution in [2.75, 3.05) is 32.8 Å². The van der Waals surface area contributed by atoms with Gasteiger partial charge in [-0.2, -0.15) is 0 Å². The number of nitrogens with zero attached hydrogens (tertiary/aromatic N) is 1. The average molecular weight is 609 g/mol. The number of benzene rings is 3. The summed E-state index contributed by atoms with van der Waals surface area (Å²) in [4.78, 5) is 21.3. The van der Waals surface area contributed by atoms with Gasteiger partial charge in [0.15, 0.2) is 20.9 Å². The summed E-state index contributed by atoms with van der Waals surface area (Å²) in [5, 5.41) is 0. The van der Waals surface area contributed by atoms with E-state index in [4.69, 9.17) is 14.3 Å². The van der Waals surface area contributed by atoms with Crippen molar-refractivity contribution in [2.45, 2.75) is 67.8 Å². The molecule has 0 radical (unpaired) electrons. The smallest absolute Gasteiger partial charge is 0.265 e. The van der Waals surface area contributed by atoms with E-state index in [0.29, 0.717) is 38.5 Å². The summed E-state index contributed by atoms with van der Waals surface area (Å²) >= 11 is 0. The Morgan fingerprint density at radius 2 is 1.74 bits per heavy atom. The van der Waals surface area contributed by atoms with Gasteiger partial charge in [0.05, 0.1) is 11.5 Å². The summed E-state index contributed by atoms with van der Waals surface area (Å²) in [6.45, 7) is 4.92. The van der Waals surface area contributed by atoms with E-state index in [0.717, 1.165) is 32.2 Å². The standard InChI is InChI=1S/C34H42N2O6S.H2/c1-2-36-22-20-34(21-23-36,33(37)35-42-32-15-6-7-24-41-32)43(38,39)31-18-16-30(17-19-31)40-25-9-11-27-10-8-14-29(26-27)28-12-4-3-5-13-28;/h3-5,8,10,12-14,16-19,26,32H,2,6-7,9,11,15,20-25H2,1H3,(H,35,37);1H. The molecule has 0 aliphatic carbocycles. The summed E-state index contributed by atoms with van der Waals surface area (Å²) < 4.78 is 38.0. The van der Waals surface area contributed by atoms with E-state index < -0.39 is 26.8 Å². The van der Waals surface area contributed by atoms with Crippen molar-refractivity contribution < 1.29 is 29.0 Å². The van der Waals surface area contributed by atoms with Gasteiger partial charge in [0.25, 0.3) is 5.91 Å². The molecule has 232 valence electrons. The number of hydroxylamine groups is 1. The lowest BCUT2D eigenvalue weighted by molar-refractivity contribution is -0.202. The molecule has 1 atom stereocenters. The zero-order chi connectivity index (χ0) is 30.1. The Morgan fingerprint density at radius 3 is 2.44 bits per heavy atom. The van der Waals surface area contributed by atoms with Crippen LogP contribution in [-0.2, 0) is 30.6 Å². The quantitative estimate of drug-likeness (QED) is 0.205. The third-order valence-corrected chi connectivity index (χ3v) is 11.0. The number of hydrogen-bond acceptors (Lipinski definition) is 7. The van der Waals surface area contributed by atoms with Crippen LogP contribution in [0.1, 0.15) is 52.4 Å². The average Bonchev–Trinajstić information content (AvgIpc) is 3.06. The zero-order valence-corrected chi connectivity index (χ0v) is 25.7. The molecule has 2 heterocycles. The molecule has 1 amide bonds. The van der Waals surface area contributed by atoms with E-state index in [1.54, 1.807) is 24.3 Å². The Balaban J connectivity index is 0.00000442. The maximum atomic E-state index is 14.0. The van der Waals surface area contributed by atoms with Crippen molar-refractivity contribution in [3.63, 3.8) is 0 Å². The molecule has 1 N–H and O–H groups in total. The molecule has 8 nitrogen and oxygen atoms in total. The first kappa shape index (κ1) is 31.2. The normalized spacial score (nSPS) is 19.0. The lowest BCUT2D eigenvalue weighted by Crippen LogP contribution is -2.58. The second-order valence-corrected chi connectivity index (χ2v) is 13.5. The van der Waals surface area contributed by atoms with Gasteiger partial charge in [-0.1, -0.05) is 61.5 Å². The van der Waals surface area contributed by atoms with Crippen LogP contribution in [0.15, 0.2) is 83.8 Å². The molecule has 0 saturated carbocycles. The van der Waals surface area contributed by atoms with Crippen LogP contribution in [-0.4, -0.2) is 63.1 Å². The molecular weight excluding hydrogens is 564 g/mol. The number of likely N-dealkylation sites (tertiary alicyclic amines) is 1. The number of aryl methyl sites for hydroxylation is 1. The first-order valence-corrected chi connectivity index (χ1v) is 16.8. The minimum absolute atomic E-state index is 0. The van der Waals surface area contributed by atoms with Crippen molar-refractivity contribution in [1.82, 2.24) is 10.4 Å². The Labute approximate surface area is 256 Å². The Morgan fingerprint density at radius 1 is 1.00 bits per heavy atom. The predicted molar refractivity (Wildman–Crippen MR) is 168 cm³/mol. The second kappa shape index (κ2) is 14.5. The third kappa shape index (κ3) is 7.47. The molecule has 1 unspecified atom stereocenters. The number of rotatable bonds is 12. The fraction of sp³-hybridized carbons (Fsp3) is 0.441. The fourth-order valence-corrected chi connectivity index (χ4v) is 7.76. The number of piperidine rings is 1. The minimum Gasteiger partial charge on any atom is -0.494 e. The molecule has 2 saturated heterocycles. The topological polar surface area (TPSA) is 94.2 Å². The molecule has 2 fully saturated rings. The van der Waals surface area contributed by atoms with Gasteiger partial charge in [-0.05, 0) is 86.0 Å². The minimum atomic E-state index is -4.03. The van der Waals surface area contributed by atoms with Crippen molar-refractivity contribution in [1.29, 1.82) is 0 Å². The van der Waals surface area contributed by atoms with Crippen molar-refractivity contribution in [3.8, 4) is 16.9 Å². The molecule has 0 aromatic heterocycles. The Hall–Kier alpha value is -3.24. The SMILES string of the molecule is CCN1CCC(C(=O)NOC2CCCCO2)(S(=O)(=O)c2ccc(OCCCc3cccc(-c4ccccc4)c3)cc2)CC1.[HH]. The zero-order valence-electron chi connectivity index (χ0n) is 24.9. The van der Waals surface area contributed by atoms with Crippen LogP contribution < -0.4 is 10.2 Å². The van der Waals surface area contributed by atoms with E-state index in [-0.39, 0.29) is 19.2 Å². The molecule has 0 spiro atoms. The molecular formula is C34H44N2O6S. The lowest BCUT2D eigenvalue weighted by atomic mass is 9.95. The molecule has 0 bridgehead atoms. The molecule has 3 aromatic carbocycles. The summed E-state index contributed by atoms with van der Waals surface area (Å²) in [5.74, 6) is -0.0387. The fourth-order valence-electron chi connectivity index (χ4n) is 5.81. The van der Waals surface area contributed by atoms with Gasteiger partial charge in [0.2, 0.25) is 0 Å². The monoisotopic (exact) mass is 608 g/mol. The number of amides is 1. The predicted octanol–water partition coefficient (Wildman–Crippen LogP) is 5.81. The van der Waals surface area contributed by atoms with Crippen LogP contribution in [0.4, 0.5) is 0 Å². The highest BCUT2D eigenvalue weighted by atomic mass is 32.2. The maximum Gasteiger partial charge on any atom is 0.265 e. The van der Waals surface area contributed by atoms with Crippen LogP contribution in [0.25, 0.3) is 11.1 Å². The largest absolute Gasteiger partial charge is 0.494 e. The van der Waals surface area contributed by atoms with Gasteiger partial charge in [-0.25, -0.2) is 18.7 Å². The lowest BCUT2D eigenvalue weighted by Gasteiger charge is -2.39. The Bertz CT molecular complexity index is 1440. The van der Waals surface area contributed by atoms with Gasteiger partial charge in [0.1, 0.15) is 5.75 Å². The molecule has 5 rings (SSSR count). The van der Waals surface area contributed by atoms with Crippen molar-refractivity contribution >= 4 is 15.7 Å². The summed E-state index contributed by atoms with van der Waals surface area (Å²) in [5.41, 5.74) is 6.08. The van der Waals surface area contributed by atoms with Gasteiger partial charge in [-0.15, -0.1) is 0 Å². The van der Waals surface area contributed by atoms with Crippen molar-refractivity contribution in [3.05, 3.63) is 84.4 Å². The van der Waals surface area contributed by atoms with Crippen LogP contribution in [0, 0.1) is 0 Å².